The molecule has 9 heteroatoms. The zero-order chi connectivity index (χ0) is 14.9. The van der Waals surface area contributed by atoms with Gasteiger partial charge in [-0.15, -0.1) is 0 Å². The Morgan fingerprint density at radius 2 is 1.90 bits per heavy atom. The smallest absolute Gasteiger partial charge is 0.263 e. The van der Waals surface area contributed by atoms with E-state index in [0.29, 0.717) is 24.7 Å². The molecule has 1 aliphatic heterocycles. The molecule has 1 N–H and O–H groups in total. The Morgan fingerprint density at radius 1 is 1.14 bits per heavy atom. The van der Waals surface area contributed by atoms with Crippen LogP contribution >= 0.6 is 11.6 Å². The van der Waals surface area contributed by atoms with Crippen LogP contribution in [0.25, 0.3) is 0 Å². The lowest BCUT2D eigenvalue weighted by Gasteiger charge is -2.18. The predicted molar refractivity (Wildman–Crippen MR) is 75.3 cm³/mol. The highest BCUT2D eigenvalue weighted by molar-refractivity contribution is 7.92. The monoisotopic (exact) mass is 327 g/mol. The van der Waals surface area contributed by atoms with Gasteiger partial charge in [0.2, 0.25) is 0 Å². The molecule has 0 bridgehead atoms. The van der Waals surface area contributed by atoms with Gasteiger partial charge in [0, 0.05) is 6.07 Å². The molecule has 1 aliphatic rings. The molecule has 0 fully saturated rings. The van der Waals surface area contributed by atoms with Crippen LogP contribution in [0.5, 0.6) is 11.5 Å². The van der Waals surface area contributed by atoms with Gasteiger partial charge >= 0.3 is 0 Å². The Bertz CT molecular complexity index is 782. The highest BCUT2D eigenvalue weighted by atomic mass is 35.5. The van der Waals surface area contributed by atoms with E-state index in [9.17, 15) is 8.42 Å². The molecule has 1 aromatic carbocycles. The van der Waals surface area contributed by atoms with Gasteiger partial charge in [-0.3, -0.25) is 9.71 Å². The molecule has 0 spiro atoms. The topological polar surface area (TPSA) is 90.4 Å². The molecule has 110 valence electrons. The van der Waals surface area contributed by atoms with Crippen molar-refractivity contribution in [2.45, 2.75) is 4.90 Å². The van der Waals surface area contributed by atoms with Gasteiger partial charge in [0.1, 0.15) is 18.4 Å². The molecular formula is C12H10ClN3O4S. The summed E-state index contributed by atoms with van der Waals surface area (Å²) in [5, 5.41) is 0.0948. The number of hydrogen-bond donors (Lipinski definition) is 1. The molecule has 0 aliphatic carbocycles. The first-order valence-corrected chi connectivity index (χ1v) is 7.81. The number of anilines is 1. The van der Waals surface area contributed by atoms with Crippen molar-refractivity contribution in [1.29, 1.82) is 0 Å². The largest absolute Gasteiger partial charge is 0.486 e. The second kappa shape index (κ2) is 5.38. The zero-order valence-corrected chi connectivity index (χ0v) is 12.2. The lowest BCUT2D eigenvalue weighted by atomic mass is 10.3. The van der Waals surface area contributed by atoms with E-state index in [4.69, 9.17) is 21.1 Å². The van der Waals surface area contributed by atoms with E-state index in [1.165, 1.54) is 24.5 Å². The molecule has 1 aromatic heterocycles. The van der Waals surface area contributed by atoms with E-state index in [1.807, 2.05) is 0 Å². The maximum Gasteiger partial charge on any atom is 0.263 e. The second-order valence-corrected chi connectivity index (χ2v) is 6.21. The molecule has 2 heterocycles. The summed E-state index contributed by atoms with van der Waals surface area (Å²) in [4.78, 5) is 7.63. The van der Waals surface area contributed by atoms with E-state index in [2.05, 4.69) is 14.7 Å². The number of sulfonamides is 1. The average molecular weight is 328 g/mol. The van der Waals surface area contributed by atoms with Gasteiger partial charge < -0.3 is 9.47 Å². The van der Waals surface area contributed by atoms with E-state index in [0.717, 1.165) is 0 Å². The van der Waals surface area contributed by atoms with Crippen LogP contribution in [0.4, 0.5) is 5.82 Å². The van der Waals surface area contributed by atoms with Crippen molar-refractivity contribution in [2.24, 2.45) is 0 Å². The van der Waals surface area contributed by atoms with Crippen LogP contribution in [0.2, 0.25) is 5.15 Å². The second-order valence-electron chi connectivity index (χ2n) is 4.14. The van der Waals surface area contributed by atoms with Gasteiger partial charge in [-0.2, -0.15) is 0 Å². The third kappa shape index (κ3) is 3.01. The van der Waals surface area contributed by atoms with Crippen molar-refractivity contribution in [1.82, 2.24) is 9.97 Å². The number of nitrogens with zero attached hydrogens (tertiary/aromatic N) is 2. The van der Waals surface area contributed by atoms with Crippen LogP contribution in [-0.4, -0.2) is 31.6 Å². The summed E-state index contributed by atoms with van der Waals surface area (Å²) < 4.78 is 37.6. The van der Waals surface area contributed by atoms with E-state index in [1.54, 1.807) is 6.07 Å². The normalized spacial score (nSPS) is 13.8. The number of fused-ring (bicyclic) bond motifs is 1. The highest BCUT2D eigenvalue weighted by Crippen LogP contribution is 2.32. The predicted octanol–water partition coefficient (Wildman–Crippen LogP) is 1.70. The third-order valence-electron chi connectivity index (χ3n) is 2.67. The van der Waals surface area contributed by atoms with Crippen molar-refractivity contribution >= 4 is 27.4 Å². The Balaban J connectivity index is 1.91. The Kier molecular flexibility index (Phi) is 3.56. The number of ether oxygens (including phenoxy) is 2. The Morgan fingerprint density at radius 3 is 2.67 bits per heavy atom. The average Bonchev–Trinajstić information content (AvgIpc) is 2.46. The van der Waals surface area contributed by atoms with Gasteiger partial charge in [0.25, 0.3) is 10.0 Å². The standard InChI is InChI=1S/C12H10ClN3O4S/c13-11-6-14-7-12(15-11)16-21(17,18)8-1-2-9-10(5-8)20-4-3-19-9/h1-2,5-7H,3-4H2,(H,15,16). The third-order valence-corrected chi connectivity index (χ3v) is 4.20. The fourth-order valence-corrected chi connectivity index (χ4v) is 2.93. The van der Waals surface area contributed by atoms with Gasteiger partial charge in [0.15, 0.2) is 17.3 Å². The lowest BCUT2D eigenvalue weighted by Crippen LogP contribution is -2.17. The minimum absolute atomic E-state index is 0.0357. The molecule has 0 saturated carbocycles. The van der Waals surface area contributed by atoms with Crippen LogP contribution in [0, 0.1) is 0 Å². The van der Waals surface area contributed by atoms with Crippen molar-refractivity contribution in [3.63, 3.8) is 0 Å². The minimum Gasteiger partial charge on any atom is -0.486 e. The summed E-state index contributed by atoms with van der Waals surface area (Å²) in [5.74, 6) is 0.946. The molecule has 7 nitrogen and oxygen atoms in total. The number of benzene rings is 1. The zero-order valence-electron chi connectivity index (χ0n) is 10.6. The number of aromatic nitrogens is 2. The summed E-state index contributed by atoms with van der Waals surface area (Å²) in [7, 11) is -3.81. The first kappa shape index (κ1) is 13.9. The molecule has 0 amide bonds. The number of rotatable bonds is 3. The van der Waals surface area contributed by atoms with Gasteiger partial charge in [-0.25, -0.2) is 13.4 Å². The SMILES string of the molecule is O=S(=O)(Nc1cncc(Cl)n1)c1ccc2c(c1)OCCO2. The summed E-state index contributed by atoms with van der Waals surface area (Å²) in [6.07, 6.45) is 2.57. The van der Waals surface area contributed by atoms with Crippen LogP contribution in [0.1, 0.15) is 0 Å². The van der Waals surface area contributed by atoms with E-state index >= 15 is 0 Å². The summed E-state index contributed by atoms with van der Waals surface area (Å²) in [6.45, 7) is 0.819. The summed E-state index contributed by atoms with van der Waals surface area (Å²) in [6, 6.07) is 4.37. The maximum atomic E-state index is 12.3. The first-order chi connectivity index (χ1) is 10.0. The molecule has 0 saturated heterocycles. The molecular weight excluding hydrogens is 318 g/mol. The number of halogens is 1. The molecule has 0 atom stereocenters. The van der Waals surface area contributed by atoms with Crippen molar-refractivity contribution in [3.8, 4) is 11.5 Å². The van der Waals surface area contributed by atoms with Crippen molar-refractivity contribution < 1.29 is 17.9 Å². The Labute approximate surface area is 125 Å². The molecule has 2 aromatic rings. The summed E-state index contributed by atoms with van der Waals surface area (Å²) in [5.41, 5.74) is 0. The van der Waals surface area contributed by atoms with Crippen LogP contribution in [-0.2, 0) is 10.0 Å². The minimum atomic E-state index is -3.81. The Hall–Kier alpha value is -2.06. The fourth-order valence-electron chi connectivity index (χ4n) is 1.78. The highest BCUT2D eigenvalue weighted by Gasteiger charge is 2.20. The van der Waals surface area contributed by atoms with Crippen LogP contribution < -0.4 is 14.2 Å². The molecule has 0 unspecified atom stereocenters. The fraction of sp³-hybridized carbons (Fsp3) is 0.167. The first-order valence-electron chi connectivity index (χ1n) is 5.95. The van der Waals surface area contributed by atoms with Gasteiger partial charge in [-0.1, -0.05) is 11.6 Å². The van der Waals surface area contributed by atoms with Gasteiger partial charge in [-0.05, 0) is 12.1 Å². The summed E-state index contributed by atoms with van der Waals surface area (Å²) >= 11 is 5.67. The van der Waals surface area contributed by atoms with Crippen molar-refractivity contribution in [3.05, 3.63) is 35.7 Å². The van der Waals surface area contributed by atoms with Gasteiger partial charge in [0.05, 0.1) is 17.3 Å². The molecule has 0 radical (unpaired) electrons. The lowest BCUT2D eigenvalue weighted by molar-refractivity contribution is 0.171. The van der Waals surface area contributed by atoms with Crippen LogP contribution in [0.3, 0.4) is 0 Å². The number of nitrogens with one attached hydrogen (secondary N) is 1. The maximum absolute atomic E-state index is 12.3. The number of hydrogen-bond acceptors (Lipinski definition) is 6. The molecule has 21 heavy (non-hydrogen) atoms. The van der Waals surface area contributed by atoms with Crippen molar-refractivity contribution in [2.75, 3.05) is 17.9 Å². The van der Waals surface area contributed by atoms with E-state index < -0.39 is 10.0 Å². The van der Waals surface area contributed by atoms with E-state index in [-0.39, 0.29) is 15.9 Å². The van der Waals surface area contributed by atoms with Crippen LogP contribution in [0.15, 0.2) is 35.5 Å². The molecule has 3 rings (SSSR count). The quantitative estimate of drug-likeness (QED) is 0.922.